The summed E-state index contributed by atoms with van der Waals surface area (Å²) in [5.74, 6) is -0.562. The minimum atomic E-state index is -1.01. The number of alkyl halides is 1. The van der Waals surface area contributed by atoms with Crippen LogP contribution in [0, 0.1) is 5.92 Å². The first-order valence-electron chi connectivity index (χ1n) is 12.3. The number of esters is 1. The molecule has 0 aromatic heterocycles. The molecule has 0 aliphatic heterocycles. The van der Waals surface area contributed by atoms with Crippen LogP contribution in [0.3, 0.4) is 0 Å². The number of ether oxygens (including phenoxy) is 2. The Labute approximate surface area is 208 Å². The summed E-state index contributed by atoms with van der Waals surface area (Å²) >= 11 is 6.06. The average Bonchev–Trinajstić information content (AvgIpc) is 2.82. The molecule has 6 heteroatoms. The van der Waals surface area contributed by atoms with Gasteiger partial charge in [-0.2, -0.15) is 0 Å². The third-order valence-electron chi connectivity index (χ3n) is 5.68. The molecule has 2 aromatic rings. The molecular formula is C28H37ClO5. The Morgan fingerprint density at radius 2 is 1.47 bits per heavy atom. The lowest BCUT2D eigenvalue weighted by Crippen LogP contribution is -2.25. The maximum Gasteiger partial charge on any atom is 0.336 e. The number of unbranched alkanes of at least 4 members (excludes halogenated alkanes) is 7. The van der Waals surface area contributed by atoms with Crippen LogP contribution in [0.5, 0.6) is 11.5 Å². The second kappa shape index (κ2) is 14.7. The van der Waals surface area contributed by atoms with Crippen LogP contribution in [0.1, 0.15) is 82.5 Å². The van der Waals surface area contributed by atoms with Gasteiger partial charge in [0.2, 0.25) is 0 Å². The van der Waals surface area contributed by atoms with Crippen molar-refractivity contribution in [3.63, 3.8) is 0 Å². The van der Waals surface area contributed by atoms with Gasteiger partial charge in [-0.3, -0.25) is 4.79 Å². The number of hydrogen-bond acceptors (Lipinski definition) is 4. The van der Waals surface area contributed by atoms with Crippen LogP contribution < -0.4 is 9.47 Å². The van der Waals surface area contributed by atoms with Gasteiger partial charge < -0.3 is 14.6 Å². The van der Waals surface area contributed by atoms with E-state index in [1.54, 1.807) is 42.5 Å². The number of hydrogen-bond donors (Lipinski definition) is 1. The molecule has 1 atom stereocenters. The fourth-order valence-corrected chi connectivity index (χ4v) is 3.66. The summed E-state index contributed by atoms with van der Waals surface area (Å²) in [6.07, 6.45) is 9.80. The zero-order valence-corrected chi connectivity index (χ0v) is 21.3. The Bertz CT molecular complexity index is 908. The van der Waals surface area contributed by atoms with Gasteiger partial charge in [0.1, 0.15) is 16.9 Å². The molecule has 34 heavy (non-hydrogen) atoms. The molecule has 0 fully saturated rings. The normalized spacial score (nSPS) is 11.9. The van der Waals surface area contributed by atoms with Gasteiger partial charge in [-0.05, 0) is 53.8 Å². The highest BCUT2D eigenvalue weighted by Gasteiger charge is 2.21. The second-order valence-electron chi connectivity index (χ2n) is 8.93. The van der Waals surface area contributed by atoms with Crippen molar-refractivity contribution in [3.8, 4) is 22.6 Å². The van der Waals surface area contributed by atoms with Crippen molar-refractivity contribution in [3.05, 3.63) is 48.0 Å². The minimum Gasteiger partial charge on any atom is -0.494 e. The van der Waals surface area contributed by atoms with Crippen LogP contribution in [0.2, 0.25) is 0 Å². The summed E-state index contributed by atoms with van der Waals surface area (Å²) in [6, 6.07) is 11.7. The predicted octanol–water partition coefficient (Wildman–Crippen LogP) is 7.74. The van der Waals surface area contributed by atoms with Crippen molar-refractivity contribution in [2.75, 3.05) is 6.61 Å². The Morgan fingerprint density at radius 1 is 0.882 bits per heavy atom. The van der Waals surface area contributed by atoms with Crippen molar-refractivity contribution >= 4 is 23.5 Å². The largest absolute Gasteiger partial charge is 0.494 e. The molecule has 186 valence electrons. The SMILES string of the molecule is CCCCCCCCCCOc1ccc(C(=O)O)c(-c2ccc(OC(=O)[C@@H](Cl)C(C)C)cc2)c1. The number of halogens is 1. The molecule has 0 aliphatic rings. The number of aromatic carboxylic acids is 1. The summed E-state index contributed by atoms with van der Waals surface area (Å²) in [5.41, 5.74) is 1.43. The highest BCUT2D eigenvalue weighted by molar-refractivity contribution is 6.30. The summed E-state index contributed by atoms with van der Waals surface area (Å²) < 4.78 is 11.2. The number of carboxylic acid groups (broad SMARTS) is 1. The first kappa shape index (κ1) is 27.7. The standard InChI is InChI=1S/C28H37ClO5/c1-4-5-6-7-8-9-10-11-18-33-23-16-17-24(27(30)31)25(19-23)21-12-14-22(15-13-21)34-28(32)26(29)20(2)3/h12-17,19-20,26H,4-11,18H2,1-3H3,(H,30,31)/t26-/m0/s1. The van der Waals surface area contributed by atoms with Crippen molar-refractivity contribution in [1.29, 1.82) is 0 Å². The molecule has 2 aromatic carbocycles. The molecule has 0 saturated heterocycles. The van der Waals surface area contributed by atoms with E-state index in [9.17, 15) is 14.7 Å². The van der Waals surface area contributed by atoms with Gasteiger partial charge in [0.15, 0.2) is 0 Å². The first-order valence-corrected chi connectivity index (χ1v) is 12.7. The lowest BCUT2D eigenvalue weighted by atomic mass is 9.99. The van der Waals surface area contributed by atoms with Gasteiger partial charge in [0, 0.05) is 0 Å². The smallest absolute Gasteiger partial charge is 0.336 e. The maximum absolute atomic E-state index is 12.1. The van der Waals surface area contributed by atoms with Gasteiger partial charge >= 0.3 is 11.9 Å². The number of rotatable bonds is 15. The fourth-order valence-electron chi connectivity index (χ4n) is 3.61. The predicted molar refractivity (Wildman–Crippen MR) is 137 cm³/mol. The second-order valence-corrected chi connectivity index (χ2v) is 9.40. The summed E-state index contributed by atoms with van der Waals surface area (Å²) in [6.45, 7) is 6.52. The van der Waals surface area contributed by atoms with Gasteiger partial charge in [0.05, 0.1) is 12.2 Å². The third kappa shape index (κ3) is 9.02. The Kier molecular flexibility index (Phi) is 12.0. The Morgan fingerprint density at radius 3 is 2.06 bits per heavy atom. The van der Waals surface area contributed by atoms with E-state index in [0.29, 0.717) is 29.2 Å². The molecule has 0 unspecified atom stereocenters. The zero-order chi connectivity index (χ0) is 24.9. The topological polar surface area (TPSA) is 72.8 Å². The molecule has 1 N–H and O–H groups in total. The molecule has 0 spiro atoms. The van der Waals surface area contributed by atoms with Crippen LogP contribution in [0.15, 0.2) is 42.5 Å². The van der Waals surface area contributed by atoms with Crippen LogP contribution in [-0.4, -0.2) is 29.0 Å². The molecule has 0 aliphatic carbocycles. The number of carboxylic acids is 1. The lowest BCUT2D eigenvalue weighted by molar-refractivity contribution is -0.134. The molecular weight excluding hydrogens is 452 g/mol. The minimum absolute atomic E-state index is 0.0416. The van der Waals surface area contributed by atoms with E-state index < -0.39 is 17.3 Å². The number of carbonyl (C=O) groups is 2. The summed E-state index contributed by atoms with van der Waals surface area (Å²) in [4.78, 5) is 23.8. The number of carbonyl (C=O) groups excluding carboxylic acids is 1. The van der Waals surface area contributed by atoms with Crippen LogP contribution >= 0.6 is 11.6 Å². The quantitative estimate of drug-likeness (QED) is 0.120. The zero-order valence-electron chi connectivity index (χ0n) is 20.5. The van der Waals surface area contributed by atoms with Crippen molar-refractivity contribution in [2.45, 2.75) is 77.5 Å². The third-order valence-corrected chi connectivity index (χ3v) is 6.36. The summed E-state index contributed by atoms with van der Waals surface area (Å²) in [5, 5.41) is 8.90. The fraction of sp³-hybridized carbons (Fsp3) is 0.500. The Balaban J connectivity index is 1.98. The highest BCUT2D eigenvalue weighted by Crippen LogP contribution is 2.30. The van der Waals surface area contributed by atoms with Gasteiger partial charge in [-0.25, -0.2) is 4.79 Å². The van der Waals surface area contributed by atoms with Crippen LogP contribution in [0.25, 0.3) is 11.1 Å². The van der Waals surface area contributed by atoms with E-state index in [1.807, 2.05) is 13.8 Å². The monoisotopic (exact) mass is 488 g/mol. The lowest BCUT2D eigenvalue weighted by Gasteiger charge is -2.13. The molecule has 0 amide bonds. The molecule has 0 radical (unpaired) electrons. The van der Waals surface area contributed by atoms with E-state index in [-0.39, 0.29) is 11.5 Å². The molecule has 5 nitrogen and oxygen atoms in total. The Hall–Kier alpha value is -2.53. The molecule has 0 saturated carbocycles. The van der Waals surface area contributed by atoms with E-state index in [0.717, 1.165) is 12.8 Å². The van der Waals surface area contributed by atoms with Crippen molar-refractivity contribution in [1.82, 2.24) is 0 Å². The van der Waals surface area contributed by atoms with E-state index in [4.69, 9.17) is 21.1 Å². The van der Waals surface area contributed by atoms with Crippen molar-refractivity contribution < 1.29 is 24.2 Å². The first-order chi connectivity index (χ1) is 16.3. The van der Waals surface area contributed by atoms with E-state index in [1.165, 1.54) is 38.5 Å². The van der Waals surface area contributed by atoms with Crippen LogP contribution in [-0.2, 0) is 4.79 Å². The van der Waals surface area contributed by atoms with Gasteiger partial charge in [-0.1, -0.05) is 77.8 Å². The van der Waals surface area contributed by atoms with Crippen molar-refractivity contribution in [2.24, 2.45) is 5.92 Å². The maximum atomic E-state index is 12.1. The van der Waals surface area contributed by atoms with Gasteiger partial charge in [-0.15, -0.1) is 11.6 Å². The number of benzene rings is 2. The highest BCUT2D eigenvalue weighted by atomic mass is 35.5. The van der Waals surface area contributed by atoms with Gasteiger partial charge in [0.25, 0.3) is 0 Å². The molecule has 0 bridgehead atoms. The molecule has 2 rings (SSSR count). The van der Waals surface area contributed by atoms with E-state index >= 15 is 0 Å². The average molecular weight is 489 g/mol. The molecule has 0 heterocycles. The van der Waals surface area contributed by atoms with Crippen LogP contribution in [0.4, 0.5) is 0 Å². The summed E-state index contributed by atoms with van der Waals surface area (Å²) in [7, 11) is 0. The van der Waals surface area contributed by atoms with E-state index in [2.05, 4.69) is 6.92 Å².